The topological polar surface area (TPSA) is 12.9 Å². The van der Waals surface area contributed by atoms with Gasteiger partial charge in [0.15, 0.2) is 0 Å². The molecule has 0 saturated carbocycles. The minimum Gasteiger partial charge on any atom is -0.253 e. The molecule has 0 radical (unpaired) electrons. The number of nitrogens with zero attached hydrogens (tertiary/aromatic N) is 1. The number of rotatable bonds is 4. The summed E-state index contributed by atoms with van der Waals surface area (Å²) in [5.74, 6) is 0.704. The molecule has 0 bridgehead atoms. The fraction of sp³-hybridized carbons (Fsp3) is 0.667. The van der Waals surface area contributed by atoms with Gasteiger partial charge in [-0.05, 0) is 18.8 Å². The summed E-state index contributed by atoms with van der Waals surface area (Å²) in [4.78, 5) is 6.09. The Morgan fingerprint density at radius 3 is 2.92 bits per heavy atom. The number of aromatic nitrogens is 1. The Balaban J connectivity index is 2.41. The van der Waals surface area contributed by atoms with Crippen LogP contribution in [0.2, 0.25) is 0 Å². The summed E-state index contributed by atoms with van der Waals surface area (Å²) in [6, 6.07) is 0. The zero-order valence-corrected chi connectivity index (χ0v) is 9.86. The molecule has 1 heterocycles. The van der Waals surface area contributed by atoms with Crippen molar-refractivity contribution in [2.75, 3.05) is 0 Å². The summed E-state index contributed by atoms with van der Waals surface area (Å²) in [7, 11) is 0. The first-order chi connectivity index (χ1) is 5.74. The van der Waals surface area contributed by atoms with Gasteiger partial charge < -0.3 is 0 Å². The molecule has 1 nitrogen and oxygen atoms in total. The summed E-state index contributed by atoms with van der Waals surface area (Å²) < 4.78 is 0. The van der Waals surface area contributed by atoms with Gasteiger partial charge in [0.1, 0.15) is 0 Å². The molecule has 68 valence electrons. The first-order valence-corrected chi connectivity index (χ1v) is 6.05. The molecule has 0 amide bonds. The predicted molar refractivity (Wildman–Crippen MR) is 58.0 cm³/mol. The van der Waals surface area contributed by atoms with Gasteiger partial charge in [-0.1, -0.05) is 29.8 Å². The average Bonchev–Trinajstić information content (AvgIpc) is 2.55. The van der Waals surface area contributed by atoms with Crippen molar-refractivity contribution in [2.45, 2.75) is 31.5 Å². The van der Waals surface area contributed by atoms with Gasteiger partial charge in [-0.2, -0.15) is 0 Å². The van der Waals surface area contributed by atoms with Crippen LogP contribution in [0.25, 0.3) is 0 Å². The first-order valence-electron chi connectivity index (χ1n) is 4.25. The van der Waals surface area contributed by atoms with Crippen LogP contribution in [0.5, 0.6) is 0 Å². The van der Waals surface area contributed by atoms with Crippen LogP contribution in [0.4, 0.5) is 0 Å². The number of thiazole rings is 1. The maximum absolute atomic E-state index is 4.06. The van der Waals surface area contributed by atoms with Gasteiger partial charge in [-0.15, -0.1) is 11.3 Å². The molecule has 2 atom stereocenters. The van der Waals surface area contributed by atoms with E-state index >= 15 is 0 Å². The monoisotopic (exact) mass is 247 g/mol. The van der Waals surface area contributed by atoms with E-state index in [4.69, 9.17) is 0 Å². The van der Waals surface area contributed by atoms with E-state index in [1.807, 2.05) is 11.7 Å². The molecule has 1 aromatic rings. The molecule has 12 heavy (non-hydrogen) atoms. The maximum atomic E-state index is 4.06. The van der Waals surface area contributed by atoms with Crippen molar-refractivity contribution in [1.29, 1.82) is 0 Å². The van der Waals surface area contributed by atoms with Crippen molar-refractivity contribution in [2.24, 2.45) is 5.92 Å². The molecule has 0 saturated heterocycles. The Kier molecular flexibility index (Phi) is 4.22. The van der Waals surface area contributed by atoms with Crippen molar-refractivity contribution >= 4 is 27.3 Å². The highest BCUT2D eigenvalue weighted by Crippen LogP contribution is 2.21. The largest absolute Gasteiger partial charge is 0.253 e. The molecule has 0 spiro atoms. The first kappa shape index (κ1) is 10.2. The molecule has 2 unspecified atom stereocenters. The van der Waals surface area contributed by atoms with Crippen molar-refractivity contribution in [3.8, 4) is 0 Å². The van der Waals surface area contributed by atoms with E-state index in [1.165, 1.54) is 11.3 Å². The SMILES string of the molecule is CCC(Br)C(C)Cc1cncs1. The van der Waals surface area contributed by atoms with Crippen molar-refractivity contribution in [3.63, 3.8) is 0 Å². The molecular formula is C9H14BrNS. The number of alkyl halides is 1. The lowest BCUT2D eigenvalue weighted by atomic mass is 10.0. The van der Waals surface area contributed by atoms with Crippen LogP contribution in [0.3, 0.4) is 0 Å². The minimum atomic E-state index is 0.639. The van der Waals surface area contributed by atoms with Gasteiger partial charge >= 0.3 is 0 Å². The van der Waals surface area contributed by atoms with Gasteiger partial charge in [0.25, 0.3) is 0 Å². The third-order valence-electron chi connectivity index (χ3n) is 2.01. The minimum absolute atomic E-state index is 0.639. The average molecular weight is 248 g/mol. The molecule has 0 aliphatic heterocycles. The Labute approximate surface area is 86.3 Å². The third kappa shape index (κ3) is 2.87. The second kappa shape index (κ2) is 4.97. The predicted octanol–water partition coefficient (Wildman–Crippen LogP) is 3.50. The van der Waals surface area contributed by atoms with E-state index in [1.54, 1.807) is 11.3 Å². The zero-order chi connectivity index (χ0) is 8.97. The molecule has 0 aliphatic carbocycles. The van der Waals surface area contributed by atoms with Gasteiger partial charge in [0.2, 0.25) is 0 Å². The Hall–Kier alpha value is 0.110. The fourth-order valence-corrected chi connectivity index (χ4v) is 2.12. The summed E-state index contributed by atoms with van der Waals surface area (Å²) >= 11 is 5.42. The summed E-state index contributed by atoms with van der Waals surface area (Å²) in [5.41, 5.74) is 1.90. The van der Waals surface area contributed by atoms with Crippen molar-refractivity contribution in [3.05, 3.63) is 16.6 Å². The molecule has 0 aliphatic rings. The van der Waals surface area contributed by atoms with Gasteiger partial charge in [0, 0.05) is 15.9 Å². The maximum Gasteiger partial charge on any atom is 0.0794 e. The summed E-state index contributed by atoms with van der Waals surface area (Å²) in [6.45, 7) is 4.49. The van der Waals surface area contributed by atoms with Crippen LogP contribution in [-0.4, -0.2) is 9.81 Å². The van der Waals surface area contributed by atoms with Gasteiger partial charge in [0.05, 0.1) is 5.51 Å². The molecule has 0 N–H and O–H groups in total. The van der Waals surface area contributed by atoms with Crippen LogP contribution in [0, 0.1) is 5.92 Å². The van der Waals surface area contributed by atoms with E-state index in [9.17, 15) is 0 Å². The van der Waals surface area contributed by atoms with Crippen LogP contribution in [-0.2, 0) is 6.42 Å². The summed E-state index contributed by atoms with van der Waals surface area (Å²) in [6.07, 6.45) is 4.31. The van der Waals surface area contributed by atoms with Crippen LogP contribution in [0.15, 0.2) is 11.7 Å². The zero-order valence-electron chi connectivity index (χ0n) is 7.46. The Morgan fingerprint density at radius 1 is 1.67 bits per heavy atom. The second-order valence-electron chi connectivity index (χ2n) is 3.07. The highest BCUT2D eigenvalue weighted by molar-refractivity contribution is 9.09. The quantitative estimate of drug-likeness (QED) is 0.743. The van der Waals surface area contributed by atoms with E-state index in [2.05, 4.69) is 34.8 Å². The molecule has 3 heteroatoms. The lowest BCUT2D eigenvalue weighted by Crippen LogP contribution is -2.11. The highest BCUT2D eigenvalue weighted by Gasteiger charge is 2.12. The van der Waals surface area contributed by atoms with Crippen molar-refractivity contribution < 1.29 is 0 Å². The number of hydrogen-bond donors (Lipinski definition) is 0. The molecular weight excluding hydrogens is 234 g/mol. The number of halogens is 1. The van der Waals surface area contributed by atoms with Crippen molar-refractivity contribution in [1.82, 2.24) is 4.98 Å². The normalized spacial score (nSPS) is 15.9. The Morgan fingerprint density at radius 2 is 2.42 bits per heavy atom. The van der Waals surface area contributed by atoms with Crippen LogP contribution < -0.4 is 0 Å². The fourth-order valence-electron chi connectivity index (χ4n) is 1.19. The standard InChI is InChI=1S/C9H14BrNS/c1-3-9(10)7(2)4-8-5-11-6-12-8/h5-7,9H,3-4H2,1-2H3. The smallest absolute Gasteiger partial charge is 0.0794 e. The van der Waals surface area contributed by atoms with E-state index in [0.717, 1.165) is 6.42 Å². The lowest BCUT2D eigenvalue weighted by Gasteiger charge is -2.14. The molecule has 1 rings (SSSR count). The van der Waals surface area contributed by atoms with E-state index < -0.39 is 0 Å². The number of hydrogen-bond acceptors (Lipinski definition) is 2. The highest BCUT2D eigenvalue weighted by atomic mass is 79.9. The second-order valence-corrected chi connectivity index (χ2v) is 5.22. The van der Waals surface area contributed by atoms with Crippen LogP contribution >= 0.6 is 27.3 Å². The Bertz CT molecular complexity index is 210. The van der Waals surface area contributed by atoms with Crippen LogP contribution in [0.1, 0.15) is 25.1 Å². The molecule has 0 fully saturated rings. The molecule has 0 aromatic carbocycles. The lowest BCUT2D eigenvalue weighted by molar-refractivity contribution is 0.549. The van der Waals surface area contributed by atoms with Gasteiger partial charge in [-0.25, -0.2) is 0 Å². The van der Waals surface area contributed by atoms with E-state index in [0.29, 0.717) is 10.7 Å². The molecule has 1 aromatic heterocycles. The summed E-state index contributed by atoms with van der Waals surface area (Å²) in [5, 5.41) is 0. The van der Waals surface area contributed by atoms with Gasteiger partial charge in [-0.3, -0.25) is 4.98 Å². The third-order valence-corrected chi connectivity index (χ3v) is 4.37. The van der Waals surface area contributed by atoms with E-state index in [-0.39, 0.29) is 0 Å².